The van der Waals surface area contributed by atoms with E-state index >= 15 is 0 Å². The second-order valence-corrected chi connectivity index (χ2v) is 12.7. The molecule has 0 radical (unpaired) electrons. The average molecular weight is 506 g/mol. The van der Waals surface area contributed by atoms with Crippen molar-refractivity contribution in [3.05, 3.63) is 60.2 Å². The first-order valence-electron chi connectivity index (χ1n) is 11.7. The Hall–Kier alpha value is -2.27. The lowest BCUT2D eigenvalue weighted by atomic mass is 9.99. The van der Waals surface area contributed by atoms with Gasteiger partial charge >= 0.3 is 0 Å². The highest BCUT2D eigenvalue weighted by atomic mass is 32.2. The van der Waals surface area contributed by atoms with Gasteiger partial charge in [-0.05, 0) is 55.5 Å². The summed E-state index contributed by atoms with van der Waals surface area (Å²) in [6.45, 7) is 1.91. The number of sulfonamides is 2. The highest BCUT2D eigenvalue weighted by Crippen LogP contribution is 2.24. The van der Waals surface area contributed by atoms with Gasteiger partial charge in [0.05, 0.1) is 15.7 Å². The topological polar surface area (TPSA) is 104 Å². The molecule has 0 aliphatic carbocycles. The van der Waals surface area contributed by atoms with Crippen molar-refractivity contribution in [3.63, 3.8) is 0 Å². The quantitative estimate of drug-likeness (QED) is 0.623. The summed E-state index contributed by atoms with van der Waals surface area (Å²) >= 11 is 0. The van der Waals surface area contributed by atoms with Crippen LogP contribution in [-0.4, -0.2) is 57.5 Å². The van der Waals surface area contributed by atoms with Crippen LogP contribution in [0.3, 0.4) is 0 Å². The molecule has 1 unspecified atom stereocenters. The number of hydrogen-bond donors (Lipinski definition) is 1. The minimum atomic E-state index is -3.63. The zero-order valence-corrected chi connectivity index (χ0v) is 20.7. The number of rotatable bonds is 7. The number of nitrogens with zero attached hydrogens (tertiary/aromatic N) is 2. The van der Waals surface area contributed by atoms with Gasteiger partial charge in [0, 0.05) is 32.7 Å². The third-order valence-electron chi connectivity index (χ3n) is 6.48. The van der Waals surface area contributed by atoms with Crippen LogP contribution in [0.25, 0.3) is 0 Å². The standard InChI is InChI=1S/C24H31N3O5S2/c28-24(21-8-7-17-27(19-21)34(31,32)22-9-3-1-4-10-22)25-18-20-11-13-23(14-12-20)33(29,30)26-15-5-2-6-16-26/h1,3-4,9-14,21H,2,5-8,15-19H2,(H,25,28). The Bertz CT molecular complexity index is 1190. The zero-order valence-electron chi connectivity index (χ0n) is 19.1. The van der Waals surface area contributed by atoms with E-state index in [0.29, 0.717) is 32.5 Å². The first-order chi connectivity index (χ1) is 16.3. The van der Waals surface area contributed by atoms with Crippen molar-refractivity contribution >= 4 is 26.0 Å². The molecule has 0 saturated carbocycles. The van der Waals surface area contributed by atoms with E-state index in [9.17, 15) is 21.6 Å². The predicted octanol–water partition coefficient (Wildman–Crippen LogP) is 2.58. The van der Waals surface area contributed by atoms with E-state index in [2.05, 4.69) is 5.32 Å². The maximum Gasteiger partial charge on any atom is 0.243 e. The molecule has 0 bridgehead atoms. The van der Waals surface area contributed by atoms with Crippen molar-refractivity contribution in [2.75, 3.05) is 26.2 Å². The summed E-state index contributed by atoms with van der Waals surface area (Å²) in [5.74, 6) is -0.621. The molecule has 34 heavy (non-hydrogen) atoms. The Balaban J connectivity index is 1.34. The van der Waals surface area contributed by atoms with Gasteiger partial charge in [-0.3, -0.25) is 4.79 Å². The zero-order chi connectivity index (χ0) is 24.2. The molecule has 2 aliphatic heterocycles. The maximum atomic E-state index is 12.9. The lowest BCUT2D eigenvalue weighted by Gasteiger charge is -2.31. The van der Waals surface area contributed by atoms with Gasteiger partial charge in [0.2, 0.25) is 26.0 Å². The number of amides is 1. The van der Waals surface area contributed by atoms with Crippen LogP contribution in [0, 0.1) is 5.92 Å². The number of carbonyl (C=O) groups is 1. The molecule has 2 aromatic carbocycles. The Morgan fingerprint density at radius 1 is 0.765 bits per heavy atom. The summed E-state index contributed by atoms with van der Waals surface area (Å²) in [5, 5.41) is 2.88. The summed E-state index contributed by atoms with van der Waals surface area (Å²) in [7, 11) is -7.12. The Kier molecular flexibility index (Phi) is 7.71. The van der Waals surface area contributed by atoms with Crippen molar-refractivity contribution in [3.8, 4) is 0 Å². The number of piperidine rings is 2. The molecule has 8 nitrogen and oxygen atoms in total. The van der Waals surface area contributed by atoms with E-state index in [4.69, 9.17) is 0 Å². The Morgan fingerprint density at radius 2 is 1.35 bits per heavy atom. The lowest BCUT2D eigenvalue weighted by Crippen LogP contribution is -2.45. The minimum Gasteiger partial charge on any atom is -0.352 e. The molecule has 2 fully saturated rings. The smallest absolute Gasteiger partial charge is 0.243 e. The van der Waals surface area contributed by atoms with Gasteiger partial charge in [-0.2, -0.15) is 8.61 Å². The largest absolute Gasteiger partial charge is 0.352 e. The molecule has 0 spiro atoms. The number of hydrogen-bond acceptors (Lipinski definition) is 5. The van der Waals surface area contributed by atoms with Gasteiger partial charge in [0.1, 0.15) is 0 Å². The van der Waals surface area contributed by atoms with E-state index in [1.54, 1.807) is 54.6 Å². The van der Waals surface area contributed by atoms with Crippen LogP contribution < -0.4 is 5.32 Å². The van der Waals surface area contributed by atoms with E-state index in [-0.39, 0.29) is 28.8 Å². The molecule has 1 amide bonds. The van der Waals surface area contributed by atoms with Crippen molar-refractivity contribution < 1.29 is 21.6 Å². The van der Waals surface area contributed by atoms with E-state index in [1.165, 1.54) is 8.61 Å². The molecular weight excluding hydrogens is 474 g/mol. The molecule has 2 heterocycles. The maximum absolute atomic E-state index is 12.9. The van der Waals surface area contributed by atoms with Crippen LogP contribution in [0.15, 0.2) is 64.4 Å². The van der Waals surface area contributed by atoms with Gasteiger partial charge in [-0.1, -0.05) is 36.8 Å². The van der Waals surface area contributed by atoms with Gasteiger partial charge in [-0.15, -0.1) is 0 Å². The Morgan fingerprint density at radius 3 is 2.03 bits per heavy atom. The van der Waals surface area contributed by atoms with Crippen LogP contribution in [-0.2, 0) is 31.4 Å². The number of nitrogens with one attached hydrogen (secondary N) is 1. The molecule has 4 rings (SSSR count). The molecule has 1 N–H and O–H groups in total. The van der Waals surface area contributed by atoms with Crippen LogP contribution >= 0.6 is 0 Å². The van der Waals surface area contributed by atoms with Crippen molar-refractivity contribution in [1.82, 2.24) is 13.9 Å². The monoisotopic (exact) mass is 505 g/mol. The summed E-state index contributed by atoms with van der Waals surface area (Å²) in [5.41, 5.74) is 0.788. The highest BCUT2D eigenvalue weighted by molar-refractivity contribution is 7.89. The van der Waals surface area contributed by atoms with E-state index in [1.807, 2.05) is 0 Å². The van der Waals surface area contributed by atoms with Gasteiger partial charge < -0.3 is 5.32 Å². The second-order valence-electron chi connectivity index (χ2n) is 8.84. The average Bonchev–Trinajstić information content (AvgIpc) is 2.88. The fourth-order valence-electron chi connectivity index (χ4n) is 4.48. The van der Waals surface area contributed by atoms with E-state index < -0.39 is 26.0 Å². The number of benzene rings is 2. The SMILES string of the molecule is O=C(NCc1ccc(S(=O)(=O)N2CCCCC2)cc1)C1CCCN(S(=O)(=O)c2ccccc2)C1. The molecule has 2 aromatic rings. The molecule has 0 aromatic heterocycles. The Labute approximate surface area is 202 Å². The molecule has 10 heteroatoms. The fraction of sp³-hybridized carbons (Fsp3) is 0.458. The minimum absolute atomic E-state index is 0.149. The molecule has 2 aliphatic rings. The first kappa shape index (κ1) is 24.8. The summed E-state index contributed by atoms with van der Waals surface area (Å²) in [6.07, 6.45) is 4.07. The lowest BCUT2D eigenvalue weighted by molar-refractivity contribution is -0.126. The summed E-state index contributed by atoms with van der Waals surface area (Å²) in [4.78, 5) is 13.3. The fourth-order valence-corrected chi connectivity index (χ4v) is 7.55. The highest BCUT2D eigenvalue weighted by Gasteiger charge is 2.33. The predicted molar refractivity (Wildman–Crippen MR) is 129 cm³/mol. The van der Waals surface area contributed by atoms with Gasteiger partial charge in [0.25, 0.3) is 0 Å². The van der Waals surface area contributed by atoms with E-state index in [0.717, 1.165) is 24.8 Å². The normalized spacial score (nSPS) is 20.6. The third-order valence-corrected chi connectivity index (χ3v) is 10.3. The van der Waals surface area contributed by atoms with Crippen molar-refractivity contribution in [1.29, 1.82) is 0 Å². The van der Waals surface area contributed by atoms with Gasteiger partial charge in [0.15, 0.2) is 0 Å². The van der Waals surface area contributed by atoms with Crippen LogP contribution in [0.1, 0.15) is 37.7 Å². The van der Waals surface area contributed by atoms with Crippen molar-refractivity contribution in [2.45, 2.75) is 48.4 Å². The van der Waals surface area contributed by atoms with Crippen LogP contribution in [0.4, 0.5) is 0 Å². The summed E-state index contributed by atoms with van der Waals surface area (Å²) in [6, 6.07) is 14.9. The summed E-state index contributed by atoms with van der Waals surface area (Å²) < 4.78 is 54.3. The molecule has 184 valence electrons. The molecular formula is C24H31N3O5S2. The third kappa shape index (κ3) is 5.51. The molecule has 1 atom stereocenters. The second kappa shape index (κ2) is 10.6. The van der Waals surface area contributed by atoms with Crippen LogP contribution in [0.2, 0.25) is 0 Å². The first-order valence-corrected chi connectivity index (χ1v) is 14.6. The number of carbonyl (C=O) groups excluding carboxylic acids is 1. The van der Waals surface area contributed by atoms with Gasteiger partial charge in [-0.25, -0.2) is 16.8 Å². The van der Waals surface area contributed by atoms with Crippen LogP contribution in [0.5, 0.6) is 0 Å². The molecule has 2 saturated heterocycles. The van der Waals surface area contributed by atoms with Crippen molar-refractivity contribution in [2.24, 2.45) is 5.92 Å².